The number of ether oxygens (including phenoxy) is 1. The normalized spacial score (nSPS) is 16.5. The highest BCUT2D eigenvalue weighted by molar-refractivity contribution is 7.90. The van der Waals surface area contributed by atoms with E-state index in [1.165, 1.54) is 28.4 Å². The van der Waals surface area contributed by atoms with Gasteiger partial charge in [0.15, 0.2) is 15.0 Å². The summed E-state index contributed by atoms with van der Waals surface area (Å²) in [5.41, 5.74) is 0.904. The third-order valence-corrected chi connectivity index (χ3v) is 8.65. The number of alkyl halides is 3. The van der Waals surface area contributed by atoms with E-state index >= 15 is 0 Å². The Bertz CT molecular complexity index is 1610. The number of cyclic esters (lactones) is 1. The molecule has 2 amide bonds. The quantitative estimate of drug-likeness (QED) is 0.451. The van der Waals surface area contributed by atoms with Crippen molar-refractivity contribution < 1.29 is 35.9 Å². The summed E-state index contributed by atoms with van der Waals surface area (Å²) >= 11 is 1.18. The van der Waals surface area contributed by atoms with E-state index in [0.717, 1.165) is 13.2 Å². The van der Waals surface area contributed by atoms with Gasteiger partial charge in [-0.2, -0.15) is 13.2 Å². The van der Waals surface area contributed by atoms with Gasteiger partial charge in [-0.25, -0.2) is 23.2 Å². The molecular formula is C24H22F3N5O5S2. The predicted molar refractivity (Wildman–Crippen MR) is 137 cm³/mol. The van der Waals surface area contributed by atoms with Crippen molar-refractivity contribution in [3.8, 4) is 10.4 Å². The Kier molecular flexibility index (Phi) is 6.53. The summed E-state index contributed by atoms with van der Waals surface area (Å²) in [5.74, 6) is -0.173. The highest BCUT2D eigenvalue weighted by Crippen LogP contribution is 2.40. The Balaban J connectivity index is 1.49. The van der Waals surface area contributed by atoms with Gasteiger partial charge in [-0.05, 0) is 49.2 Å². The molecule has 1 N–H and O–H groups in total. The summed E-state index contributed by atoms with van der Waals surface area (Å²) in [7, 11) is -3.96. The highest BCUT2D eigenvalue weighted by Gasteiger charge is 2.46. The number of nitrogens with one attached hydrogen (secondary N) is 1. The monoisotopic (exact) mass is 581 g/mol. The number of rotatable bonds is 6. The number of amides is 2. The molecule has 0 saturated carbocycles. The number of nitrogens with zero attached hydrogens (tertiary/aromatic N) is 4. The molecule has 1 saturated heterocycles. The van der Waals surface area contributed by atoms with Crippen LogP contribution in [-0.2, 0) is 21.1 Å². The first-order chi connectivity index (χ1) is 18.2. The van der Waals surface area contributed by atoms with Crippen LogP contribution in [0.15, 0.2) is 35.2 Å². The number of hydrogen-bond donors (Lipinski definition) is 1. The van der Waals surface area contributed by atoms with Crippen LogP contribution >= 0.6 is 11.3 Å². The summed E-state index contributed by atoms with van der Waals surface area (Å²) < 4.78 is 70.4. The number of benzene rings is 1. The number of hydrogen-bond acceptors (Lipinski definition) is 9. The van der Waals surface area contributed by atoms with Crippen LogP contribution < -0.4 is 10.2 Å². The van der Waals surface area contributed by atoms with Gasteiger partial charge in [0.1, 0.15) is 24.3 Å². The van der Waals surface area contributed by atoms with Gasteiger partial charge in [-0.3, -0.25) is 9.69 Å². The van der Waals surface area contributed by atoms with Crippen molar-refractivity contribution in [2.45, 2.75) is 37.5 Å². The lowest BCUT2D eigenvalue weighted by atomic mass is 10.0. The maximum absolute atomic E-state index is 13.4. The molecule has 39 heavy (non-hydrogen) atoms. The van der Waals surface area contributed by atoms with E-state index in [1.54, 1.807) is 25.1 Å². The van der Waals surface area contributed by atoms with Crippen LogP contribution in [-0.4, -0.2) is 66.9 Å². The second kappa shape index (κ2) is 9.48. The van der Waals surface area contributed by atoms with Crippen LogP contribution in [0.1, 0.15) is 28.5 Å². The molecule has 0 radical (unpaired) electrons. The summed E-state index contributed by atoms with van der Waals surface area (Å²) in [6.45, 7) is 2.84. The summed E-state index contributed by atoms with van der Waals surface area (Å²) in [6, 6.07) is 5.81. The van der Waals surface area contributed by atoms with E-state index in [4.69, 9.17) is 4.74 Å². The number of halogens is 3. The lowest BCUT2D eigenvalue weighted by Gasteiger charge is -2.26. The molecule has 1 aromatic carbocycles. The smallest absolute Gasteiger partial charge is 0.415 e. The molecule has 0 aliphatic carbocycles. The van der Waals surface area contributed by atoms with Crippen molar-refractivity contribution in [3.05, 3.63) is 47.2 Å². The first-order valence-electron chi connectivity index (χ1n) is 11.6. The SMILES string of the molecule is Cc1nc(Nc2cccc(N3CCOC3=O)n2)sc1-c1cc2c(c(S(C)(=O)=O)c1)C(=O)N(C(C)C(F)(F)F)C2. The van der Waals surface area contributed by atoms with Gasteiger partial charge in [-0.15, -0.1) is 0 Å². The molecule has 1 fully saturated rings. The fraction of sp³-hybridized carbons (Fsp3) is 0.333. The van der Waals surface area contributed by atoms with Crippen LogP contribution in [0.2, 0.25) is 0 Å². The minimum atomic E-state index is -4.67. The third kappa shape index (κ3) is 5.03. The van der Waals surface area contributed by atoms with Crippen molar-refractivity contribution in [3.63, 3.8) is 0 Å². The zero-order valence-corrected chi connectivity index (χ0v) is 22.5. The minimum absolute atomic E-state index is 0.197. The molecule has 206 valence electrons. The average Bonchev–Trinajstić information content (AvgIpc) is 3.53. The topological polar surface area (TPSA) is 122 Å². The maximum Gasteiger partial charge on any atom is 0.415 e. The molecule has 4 heterocycles. The lowest BCUT2D eigenvalue weighted by molar-refractivity contribution is -0.172. The molecule has 2 aliphatic rings. The number of aryl methyl sites for hydroxylation is 1. The van der Waals surface area contributed by atoms with Crippen LogP contribution in [0.25, 0.3) is 10.4 Å². The Hall–Kier alpha value is -3.72. The van der Waals surface area contributed by atoms with E-state index in [0.29, 0.717) is 44.3 Å². The Morgan fingerprint density at radius 3 is 2.56 bits per heavy atom. The van der Waals surface area contributed by atoms with Gasteiger partial charge < -0.3 is 15.0 Å². The van der Waals surface area contributed by atoms with Crippen LogP contribution in [0.4, 0.5) is 34.7 Å². The van der Waals surface area contributed by atoms with Crippen LogP contribution in [0.3, 0.4) is 0 Å². The number of carbonyl (C=O) groups excluding carboxylic acids is 2. The van der Waals surface area contributed by atoms with Gasteiger partial charge in [0.25, 0.3) is 5.91 Å². The van der Waals surface area contributed by atoms with Gasteiger partial charge in [0.2, 0.25) is 0 Å². The van der Waals surface area contributed by atoms with E-state index < -0.39 is 34.1 Å². The maximum atomic E-state index is 13.4. The number of anilines is 3. The third-order valence-electron chi connectivity index (χ3n) is 6.41. The molecule has 2 aromatic heterocycles. The van der Waals surface area contributed by atoms with Crippen LogP contribution in [0.5, 0.6) is 0 Å². The zero-order chi connectivity index (χ0) is 28.3. The zero-order valence-electron chi connectivity index (χ0n) is 20.9. The fourth-order valence-electron chi connectivity index (χ4n) is 4.42. The van der Waals surface area contributed by atoms with Crippen LogP contribution in [0, 0.1) is 6.92 Å². The second-order valence-electron chi connectivity index (χ2n) is 9.14. The number of pyridine rings is 1. The molecule has 5 rings (SSSR count). The van der Waals surface area contributed by atoms with Gasteiger partial charge in [-0.1, -0.05) is 17.4 Å². The van der Waals surface area contributed by atoms with Gasteiger partial charge in [0, 0.05) is 12.8 Å². The molecule has 15 heteroatoms. The largest absolute Gasteiger partial charge is 0.447 e. The standard InChI is InChI=1S/C24H22F3N5O5S2/c1-12-20(38-22(28-12)30-17-5-4-6-18(29-17)31-7-8-37-23(31)34)14-9-15-11-32(13(2)24(25,26)27)21(33)19(15)16(10-14)39(3,35)36/h4-6,9-10,13H,7-8,11H2,1-3H3,(H,28,29,30). The lowest BCUT2D eigenvalue weighted by Crippen LogP contribution is -2.43. The van der Waals surface area contributed by atoms with Crippen molar-refractivity contribution >= 4 is 49.9 Å². The Morgan fingerprint density at radius 2 is 1.92 bits per heavy atom. The fourth-order valence-corrected chi connectivity index (χ4v) is 6.32. The molecule has 10 nitrogen and oxygen atoms in total. The highest BCUT2D eigenvalue weighted by atomic mass is 32.2. The number of fused-ring (bicyclic) bond motifs is 1. The molecule has 1 unspecified atom stereocenters. The number of carbonyl (C=O) groups is 2. The molecule has 3 aromatic rings. The van der Waals surface area contributed by atoms with E-state index in [9.17, 15) is 31.2 Å². The summed E-state index contributed by atoms with van der Waals surface area (Å²) in [5, 5.41) is 3.49. The predicted octanol–water partition coefficient (Wildman–Crippen LogP) is 4.52. The van der Waals surface area contributed by atoms with Gasteiger partial charge >= 0.3 is 12.3 Å². The molecular weight excluding hydrogens is 559 g/mol. The number of aromatic nitrogens is 2. The Morgan fingerprint density at radius 1 is 1.18 bits per heavy atom. The van der Waals surface area contributed by atoms with Crippen molar-refractivity contribution in [1.29, 1.82) is 0 Å². The van der Waals surface area contributed by atoms with Crippen molar-refractivity contribution in [1.82, 2.24) is 14.9 Å². The molecule has 1 atom stereocenters. The van der Waals surface area contributed by atoms with Crippen molar-refractivity contribution in [2.75, 3.05) is 29.6 Å². The van der Waals surface area contributed by atoms with Crippen molar-refractivity contribution in [2.24, 2.45) is 0 Å². The number of thiazole rings is 1. The van der Waals surface area contributed by atoms with Gasteiger partial charge in [0.05, 0.1) is 27.6 Å². The number of sulfone groups is 1. The summed E-state index contributed by atoms with van der Waals surface area (Å²) in [6.07, 6.45) is -4.25. The van der Waals surface area contributed by atoms with E-state index in [2.05, 4.69) is 15.3 Å². The first-order valence-corrected chi connectivity index (χ1v) is 14.4. The second-order valence-corrected chi connectivity index (χ2v) is 12.1. The molecule has 0 spiro atoms. The minimum Gasteiger partial charge on any atom is -0.447 e. The Labute approximate surface area is 225 Å². The first kappa shape index (κ1) is 26.9. The molecule has 0 bridgehead atoms. The van der Waals surface area contributed by atoms with E-state index in [1.807, 2.05) is 0 Å². The molecule has 2 aliphatic heterocycles. The van der Waals surface area contributed by atoms with E-state index in [-0.39, 0.29) is 29.2 Å². The average molecular weight is 582 g/mol. The summed E-state index contributed by atoms with van der Waals surface area (Å²) in [4.78, 5) is 36.0.